The Morgan fingerprint density at radius 3 is 2.96 bits per heavy atom. The number of aryl methyl sites for hydroxylation is 2. The molecule has 0 saturated carbocycles. The van der Waals surface area contributed by atoms with Crippen molar-refractivity contribution in [3.63, 3.8) is 0 Å². The Hall–Kier alpha value is -2.19. The molecule has 0 aromatic carbocycles. The van der Waals surface area contributed by atoms with Crippen molar-refractivity contribution in [2.45, 2.75) is 32.2 Å². The lowest BCUT2D eigenvalue weighted by molar-refractivity contribution is -0.121. The molecule has 0 bridgehead atoms. The van der Waals surface area contributed by atoms with Crippen LogP contribution < -0.4 is 10.1 Å². The summed E-state index contributed by atoms with van der Waals surface area (Å²) in [4.78, 5) is 16.9. The van der Waals surface area contributed by atoms with Crippen molar-refractivity contribution in [2.24, 2.45) is 0 Å². The van der Waals surface area contributed by atoms with E-state index in [1.54, 1.807) is 28.7 Å². The van der Waals surface area contributed by atoms with E-state index < -0.39 is 0 Å². The van der Waals surface area contributed by atoms with Crippen LogP contribution in [-0.2, 0) is 17.6 Å². The molecule has 8 heteroatoms. The fraction of sp³-hybridized carbons (Fsp3) is 0.353. The van der Waals surface area contributed by atoms with Crippen molar-refractivity contribution in [1.29, 1.82) is 0 Å². The molecule has 0 spiro atoms. The maximum absolute atomic E-state index is 12.4. The highest BCUT2D eigenvalue weighted by Gasteiger charge is 2.19. The van der Waals surface area contributed by atoms with E-state index in [0.29, 0.717) is 24.5 Å². The summed E-state index contributed by atoms with van der Waals surface area (Å²) in [5.41, 5.74) is 2.17. The summed E-state index contributed by atoms with van der Waals surface area (Å²) >= 11 is 3.23. The van der Waals surface area contributed by atoms with E-state index in [2.05, 4.69) is 26.9 Å². The Morgan fingerprint density at radius 1 is 1.44 bits per heavy atom. The van der Waals surface area contributed by atoms with Gasteiger partial charge in [-0.15, -0.1) is 11.3 Å². The number of thiophene rings is 1. The van der Waals surface area contributed by atoms with E-state index in [1.165, 1.54) is 12.7 Å². The maximum atomic E-state index is 12.4. The molecule has 0 aliphatic rings. The fourth-order valence-corrected chi connectivity index (χ4v) is 3.92. The molecule has 3 aromatic heterocycles. The molecule has 3 heterocycles. The largest absolute Gasteiger partial charge is 0.479 e. The first-order valence-corrected chi connectivity index (χ1v) is 9.68. The van der Waals surface area contributed by atoms with Crippen LogP contribution in [0.1, 0.15) is 34.5 Å². The average molecular weight is 377 g/mol. The summed E-state index contributed by atoms with van der Waals surface area (Å²) in [5, 5.41) is 13.9. The number of rotatable bonds is 8. The van der Waals surface area contributed by atoms with Crippen molar-refractivity contribution in [1.82, 2.24) is 15.5 Å². The smallest absolute Gasteiger partial charge is 0.254 e. The highest BCUT2D eigenvalue weighted by molar-refractivity contribution is 7.09. The number of carbonyl (C=O) groups is 1. The molecular weight excluding hydrogens is 358 g/mol. The number of amides is 1. The Labute approximate surface area is 153 Å². The Bertz CT molecular complexity index is 811. The molecule has 0 fully saturated rings. The lowest BCUT2D eigenvalue weighted by atomic mass is 10.1. The molecule has 0 aliphatic heterocycles. The van der Waals surface area contributed by atoms with Crippen molar-refractivity contribution in [3.8, 4) is 5.88 Å². The number of methoxy groups -OCH3 is 1. The fourth-order valence-electron chi connectivity index (χ4n) is 2.39. The van der Waals surface area contributed by atoms with Gasteiger partial charge in [0.1, 0.15) is 10.8 Å². The molecule has 6 nitrogen and oxygen atoms in total. The molecule has 1 atom stereocenters. The van der Waals surface area contributed by atoms with Crippen LogP contribution in [0.2, 0.25) is 0 Å². The molecule has 25 heavy (non-hydrogen) atoms. The molecule has 3 aromatic rings. The molecule has 1 N–H and O–H groups in total. The summed E-state index contributed by atoms with van der Waals surface area (Å²) in [7, 11) is 1.53. The summed E-state index contributed by atoms with van der Waals surface area (Å²) in [6.07, 6.45) is 1.53. The number of aromatic nitrogens is 2. The van der Waals surface area contributed by atoms with Gasteiger partial charge in [0.2, 0.25) is 5.91 Å². The zero-order chi connectivity index (χ0) is 17.6. The van der Waals surface area contributed by atoms with Crippen LogP contribution in [0.3, 0.4) is 0 Å². The van der Waals surface area contributed by atoms with Crippen LogP contribution in [0, 0.1) is 6.92 Å². The van der Waals surface area contributed by atoms with E-state index >= 15 is 0 Å². The topological polar surface area (TPSA) is 77.2 Å². The van der Waals surface area contributed by atoms with Gasteiger partial charge in [-0.1, -0.05) is 0 Å². The zero-order valence-corrected chi connectivity index (χ0v) is 15.7. The molecular formula is C17H19N3O3S2. The third-order valence-corrected chi connectivity index (χ3v) is 5.44. The average Bonchev–Trinajstić information content (AvgIpc) is 3.34. The quantitative estimate of drug-likeness (QED) is 0.650. The number of nitrogens with one attached hydrogen (secondary N) is 1. The number of ether oxygens (including phenoxy) is 1. The van der Waals surface area contributed by atoms with Gasteiger partial charge in [-0.25, -0.2) is 4.98 Å². The number of nitrogens with zero attached hydrogens (tertiary/aromatic N) is 2. The number of thiazole rings is 1. The van der Waals surface area contributed by atoms with Crippen molar-refractivity contribution in [2.75, 3.05) is 7.11 Å². The first kappa shape index (κ1) is 17.6. The van der Waals surface area contributed by atoms with E-state index in [0.717, 1.165) is 17.1 Å². The van der Waals surface area contributed by atoms with E-state index in [9.17, 15) is 4.79 Å². The van der Waals surface area contributed by atoms with Crippen LogP contribution in [0.5, 0.6) is 5.88 Å². The highest BCUT2D eigenvalue weighted by Crippen LogP contribution is 2.23. The van der Waals surface area contributed by atoms with Crippen LogP contribution in [0.25, 0.3) is 0 Å². The summed E-state index contributed by atoms with van der Waals surface area (Å²) in [6, 6.07) is 3.65. The lowest BCUT2D eigenvalue weighted by Gasteiger charge is -2.16. The predicted molar refractivity (Wildman–Crippen MR) is 97.1 cm³/mol. The first-order chi connectivity index (χ1) is 12.1. The third-order valence-electron chi connectivity index (χ3n) is 3.63. The van der Waals surface area contributed by atoms with E-state index in [1.807, 2.05) is 17.7 Å². The second kappa shape index (κ2) is 8.26. The molecule has 1 amide bonds. The van der Waals surface area contributed by atoms with Gasteiger partial charge in [0.05, 0.1) is 13.2 Å². The molecule has 132 valence electrons. The Balaban J connectivity index is 1.61. The van der Waals surface area contributed by atoms with Crippen LogP contribution in [0.4, 0.5) is 0 Å². The van der Waals surface area contributed by atoms with Crippen LogP contribution in [0.15, 0.2) is 32.8 Å². The van der Waals surface area contributed by atoms with Crippen LogP contribution in [-0.4, -0.2) is 23.2 Å². The van der Waals surface area contributed by atoms with Gasteiger partial charge >= 0.3 is 0 Å². The SMILES string of the molecule is COc1cc(CCC(=O)N[C@H](Cc2ccsc2)c2nc(C)cs2)on1. The predicted octanol–water partition coefficient (Wildman–Crippen LogP) is 3.54. The molecule has 0 radical (unpaired) electrons. The van der Waals surface area contributed by atoms with Gasteiger partial charge < -0.3 is 14.6 Å². The zero-order valence-electron chi connectivity index (χ0n) is 14.0. The summed E-state index contributed by atoms with van der Waals surface area (Å²) in [6.45, 7) is 1.96. The van der Waals surface area contributed by atoms with Gasteiger partial charge in [-0.3, -0.25) is 4.79 Å². The first-order valence-electron chi connectivity index (χ1n) is 7.86. The van der Waals surface area contributed by atoms with E-state index in [4.69, 9.17) is 9.26 Å². The van der Waals surface area contributed by atoms with Crippen molar-refractivity contribution in [3.05, 3.63) is 50.3 Å². The molecule has 0 unspecified atom stereocenters. The monoisotopic (exact) mass is 377 g/mol. The van der Waals surface area contributed by atoms with Gasteiger partial charge in [0.15, 0.2) is 0 Å². The minimum atomic E-state index is -0.120. The standard InChI is InChI=1S/C17H19N3O3S2/c1-11-9-25-17(18-11)14(7-12-5-6-24-10-12)19-15(21)4-3-13-8-16(22-2)20-23-13/h5-6,8-10,14H,3-4,7H2,1-2H3,(H,19,21)/t14-/m1/s1. The minimum Gasteiger partial charge on any atom is -0.479 e. The van der Waals surface area contributed by atoms with Gasteiger partial charge in [-0.05, 0) is 34.5 Å². The second-order valence-electron chi connectivity index (χ2n) is 5.62. The van der Waals surface area contributed by atoms with E-state index in [-0.39, 0.29) is 11.9 Å². The summed E-state index contributed by atoms with van der Waals surface area (Å²) in [5.74, 6) is 1.01. The number of hydrogen-bond donors (Lipinski definition) is 1. The second-order valence-corrected chi connectivity index (χ2v) is 7.29. The molecule has 0 aliphatic carbocycles. The number of carbonyl (C=O) groups excluding carboxylic acids is 1. The number of hydrogen-bond acceptors (Lipinski definition) is 7. The van der Waals surface area contributed by atoms with Gasteiger partial charge in [-0.2, -0.15) is 11.3 Å². The van der Waals surface area contributed by atoms with Crippen molar-refractivity contribution >= 4 is 28.6 Å². The van der Waals surface area contributed by atoms with Gasteiger partial charge in [0.25, 0.3) is 5.88 Å². The van der Waals surface area contributed by atoms with Gasteiger partial charge in [0, 0.05) is 36.4 Å². The van der Waals surface area contributed by atoms with Crippen molar-refractivity contribution < 1.29 is 14.1 Å². The Morgan fingerprint density at radius 2 is 2.32 bits per heavy atom. The normalized spacial score (nSPS) is 12.1. The summed E-state index contributed by atoms with van der Waals surface area (Å²) < 4.78 is 10.1. The third kappa shape index (κ3) is 4.90. The molecule has 3 rings (SSSR count). The highest BCUT2D eigenvalue weighted by atomic mass is 32.1. The van der Waals surface area contributed by atoms with Crippen LogP contribution >= 0.6 is 22.7 Å². The lowest BCUT2D eigenvalue weighted by Crippen LogP contribution is -2.30. The molecule has 0 saturated heterocycles. The Kier molecular flexibility index (Phi) is 5.83. The minimum absolute atomic E-state index is 0.0385. The maximum Gasteiger partial charge on any atom is 0.254 e.